The first kappa shape index (κ1) is 15.4. The zero-order chi connectivity index (χ0) is 15.6. The van der Waals surface area contributed by atoms with Crippen molar-refractivity contribution in [2.24, 2.45) is 0 Å². The fraction of sp³-hybridized carbons (Fsp3) is 0.182. The number of nitrogens with zero attached hydrogens (tertiary/aromatic N) is 4. The molecule has 0 spiro atoms. The molecular formula is C11H9BrClN5O3. The molecule has 0 radical (unpaired) electrons. The van der Waals surface area contributed by atoms with Gasteiger partial charge in [0.1, 0.15) is 0 Å². The molecule has 0 saturated heterocycles. The molecule has 2 aromatic rings. The fourth-order valence-electron chi connectivity index (χ4n) is 1.56. The lowest BCUT2D eigenvalue weighted by Crippen LogP contribution is -2.03. The van der Waals surface area contributed by atoms with Crippen LogP contribution < -0.4 is 10.1 Å². The van der Waals surface area contributed by atoms with E-state index in [1.165, 1.54) is 6.07 Å². The predicted molar refractivity (Wildman–Crippen MR) is 80.0 cm³/mol. The molecule has 1 N–H and O–H groups in total. The van der Waals surface area contributed by atoms with E-state index in [9.17, 15) is 10.1 Å². The van der Waals surface area contributed by atoms with Crippen LogP contribution in [0.1, 0.15) is 5.56 Å². The maximum absolute atomic E-state index is 11.1. The van der Waals surface area contributed by atoms with E-state index in [1.807, 2.05) is 0 Å². The van der Waals surface area contributed by atoms with Gasteiger partial charge in [-0.15, -0.1) is 0 Å². The Hall–Kier alpha value is -2.00. The van der Waals surface area contributed by atoms with Crippen LogP contribution in [-0.2, 0) is 0 Å². The third-order valence-corrected chi connectivity index (χ3v) is 3.05. The van der Waals surface area contributed by atoms with Crippen LogP contribution in [0.3, 0.4) is 0 Å². The number of nitro groups is 1. The van der Waals surface area contributed by atoms with Gasteiger partial charge in [0, 0.05) is 23.2 Å². The van der Waals surface area contributed by atoms with Crippen LogP contribution in [0.2, 0.25) is 5.28 Å². The summed E-state index contributed by atoms with van der Waals surface area (Å²) in [4.78, 5) is 22.1. The van der Waals surface area contributed by atoms with E-state index in [1.54, 1.807) is 20.0 Å². The van der Waals surface area contributed by atoms with Crippen molar-refractivity contribution in [1.82, 2.24) is 15.0 Å². The van der Waals surface area contributed by atoms with Crippen LogP contribution in [0.4, 0.5) is 11.6 Å². The molecule has 0 atom stereocenters. The number of rotatable bonds is 4. The first-order valence-electron chi connectivity index (χ1n) is 5.62. The molecule has 0 aliphatic rings. The number of halogens is 2. The first-order chi connectivity index (χ1) is 9.90. The molecule has 1 aromatic heterocycles. The molecule has 8 nitrogen and oxygen atoms in total. The average molecular weight is 375 g/mol. The Morgan fingerprint density at radius 3 is 2.71 bits per heavy atom. The third-order valence-electron chi connectivity index (χ3n) is 2.42. The van der Waals surface area contributed by atoms with E-state index in [-0.39, 0.29) is 28.7 Å². The van der Waals surface area contributed by atoms with E-state index in [2.05, 4.69) is 36.2 Å². The standard InChI is InChI=1S/C11H9BrClN5O3/c1-5-3-6(12)4-7(18(19)20)8(5)21-11-16-9(13)15-10(14-2)17-11/h3-4H,1-2H3,(H,14,15,16,17). The van der Waals surface area contributed by atoms with Gasteiger partial charge in [-0.05, 0) is 24.6 Å². The Balaban J connectivity index is 2.48. The van der Waals surface area contributed by atoms with Gasteiger partial charge in [0.2, 0.25) is 17.0 Å². The van der Waals surface area contributed by atoms with Crippen LogP contribution in [-0.4, -0.2) is 26.9 Å². The molecule has 21 heavy (non-hydrogen) atoms. The molecule has 0 aliphatic carbocycles. The van der Waals surface area contributed by atoms with Crippen molar-refractivity contribution < 1.29 is 9.66 Å². The number of hydrogen-bond acceptors (Lipinski definition) is 7. The summed E-state index contributed by atoms with van der Waals surface area (Å²) in [6.45, 7) is 1.68. The van der Waals surface area contributed by atoms with E-state index < -0.39 is 4.92 Å². The van der Waals surface area contributed by atoms with Crippen molar-refractivity contribution >= 4 is 39.2 Å². The lowest BCUT2D eigenvalue weighted by molar-refractivity contribution is -0.385. The Morgan fingerprint density at radius 1 is 1.38 bits per heavy atom. The second kappa shape index (κ2) is 6.19. The van der Waals surface area contributed by atoms with Gasteiger partial charge in [-0.1, -0.05) is 15.9 Å². The molecule has 0 aliphatic heterocycles. The highest BCUT2D eigenvalue weighted by atomic mass is 79.9. The summed E-state index contributed by atoms with van der Waals surface area (Å²) < 4.78 is 6.00. The van der Waals surface area contributed by atoms with Gasteiger partial charge >= 0.3 is 11.7 Å². The molecule has 0 bridgehead atoms. The van der Waals surface area contributed by atoms with Crippen LogP contribution in [0.5, 0.6) is 11.8 Å². The summed E-state index contributed by atoms with van der Waals surface area (Å²) in [5, 5.41) is 13.7. The number of aryl methyl sites for hydroxylation is 1. The molecule has 0 saturated carbocycles. The van der Waals surface area contributed by atoms with Crippen molar-refractivity contribution in [3.8, 4) is 11.8 Å². The smallest absolute Gasteiger partial charge is 0.328 e. The second-order valence-corrected chi connectivity index (χ2v) is 5.14. The maximum atomic E-state index is 11.1. The van der Waals surface area contributed by atoms with Crippen molar-refractivity contribution in [2.45, 2.75) is 6.92 Å². The van der Waals surface area contributed by atoms with Gasteiger partial charge in [-0.2, -0.15) is 15.0 Å². The van der Waals surface area contributed by atoms with Crippen molar-refractivity contribution in [1.29, 1.82) is 0 Å². The Labute approximate surface area is 132 Å². The van der Waals surface area contributed by atoms with Crippen LogP contribution in [0.15, 0.2) is 16.6 Å². The number of hydrogen-bond donors (Lipinski definition) is 1. The lowest BCUT2D eigenvalue weighted by atomic mass is 10.2. The van der Waals surface area contributed by atoms with Crippen molar-refractivity contribution in [3.05, 3.63) is 37.6 Å². The Morgan fingerprint density at radius 2 is 2.10 bits per heavy atom. The van der Waals surface area contributed by atoms with Crippen molar-refractivity contribution in [3.63, 3.8) is 0 Å². The van der Waals surface area contributed by atoms with Crippen LogP contribution >= 0.6 is 27.5 Å². The highest BCUT2D eigenvalue weighted by Crippen LogP contribution is 2.36. The number of nitrogens with one attached hydrogen (secondary N) is 1. The van der Waals surface area contributed by atoms with E-state index >= 15 is 0 Å². The second-order valence-electron chi connectivity index (χ2n) is 3.89. The fourth-order valence-corrected chi connectivity index (χ4v) is 2.27. The molecule has 0 unspecified atom stereocenters. The highest BCUT2D eigenvalue weighted by molar-refractivity contribution is 9.10. The minimum Gasteiger partial charge on any atom is -0.416 e. The van der Waals surface area contributed by atoms with Gasteiger partial charge in [-0.3, -0.25) is 10.1 Å². The van der Waals surface area contributed by atoms with Crippen LogP contribution in [0.25, 0.3) is 0 Å². The maximum Gasteiger partial charge on any atom is 0.328 e. The van der Waals surface area contributed by atoms with Gasteiger partial charge in [0.15, 0.2) is 0 Å². The number of anilines is 1. The number of aromatic nitrogens is 3. The summed E-state index contributed by atoms with van der Waals surface area (Å²) >= 11 is 8.94. The quantitative estimate of drug-likeness (QED) is 0.646. The lowest BCUT2D eigenvalue weighted by Gasteiger charge is -2.09. The minimum absolute atomic E-state index is 0.0486. The topological polar surface area (TPSA) is 103 Å². The summed E-state index contributed by atoms with van der Waals surface area (Å²) in [7, 11) is 1.60. The Kier molecular flexibility index (Phi) is 4.53. The average Bonchev–Trinajstić information content (AvgIpc) is 2.40. The minimum atomic E-state index is -0.547. The van der Waals surface area contributed by atoms with Gasteiger partial charge < -0.3 is 10.1 Å². The molecule has 1 aromatic carbocycles. The highest BCUT2D eigenvalue weighted by Gasteiger charge is 2.21. The largest absolute Gasteiger partial charge is 0.416 e. The van der Waals surface area contributed by atoms with E-state index in [0.717, 1.165) is 0 Å². The zero-order valence-electron chi connectivity index (χ0n) is 10.9. The van der Waals surface area contributed by atoms with Gasteiger partial charge in [0.25, 0.3) is 0 Å². The SMILES string of the molecule is CNc1nc(Cl)nc(Oc2c(C)cc(Br)cc2[N+](=O)[O-])n1. The summed E-state index contributed by atoms with van der Waals surface area (Å²) in [5.41, 5.74) is 0.350. The zero-order valence-corrected chi connectivity index (χ0v) is 13.3. The van der Waals surface area contributed by atoms with Crippen LogP contribution in [0, 0.1) is 17.0 Å². The first-order valence-corrected chi connectivity index (χ1v) is 6.79. The van der Waals surface area contributed by atoms with Gasteiger partial charge in [-0.25, -0.2) is 0 Å². The monoisotopic (exact) mass is 373 g/mol. The Bertz CT molecular complexity index is 712. The number of ether oxygens (including phenoxy) is 1. The van der Waals surface area contributed by atoms with Crippen molar-refractivity contribution in [2.75, 3.05) is 12.4 Å². The molecule has 1 heterocycles. The molecule has 110 valence electrons. The third kappa shape index (κ3) is 3.56. The van der Waals surface area contributed by atoms with Gasteiger partial charge in [0.05, 0.1) is 4.92 Å². The molecule has 2 rings (SSSR count). The van der Waals surface area contributed by atoms with E-state index in [4.69, 9.17) is 16.3 Å². The predicted octanol–water partition coefficient (Wildman–Crippen LogP) is 3.34. The molecule has 0 amide bonds. The molecule has 10 heteroatoms. The summed E-state index contributed by atoms with van der Waals surface area (Å²) in [6.07, 6.45) is 0. The molecular weight excluding hydrogens is 366 g/mol. The summed E-state index contributed by atoms with van der Waals surface area (Å²) in [5.74, 6) is 0.245. The van der Waals surface area contributed by atoms with E-state index in [0.29, 0.717) is 10.0 Å². The number of nitro benzene ring substituents is 1. The summed E-state index contributed by atoms with van der Waals surface area (Å²) in [6, 6.07) is 2.89. The normalized spacial score (nSPS) is 10.3. The number of benzene rings is 1. The molecule has 0 fully saturated rings.